The molecule has 2 N–H and O–H groups in total. The molecule has 0 unspecified atom stereocenters. The fraction of sp³-hybridized carbons (Fsp3) is 0.200. The molecule has 1 aromatic heterocycles. The predicted octanol–water partition coefficient (Wildman–Crippen LogP) is 1.28. The highest BCUT2D eigenvalue weighted by Gasteiger charge is 2.15. The van der Waals surface area contributed by atoms with E-state index in [-0.39, 0.29) is 5.69 Å². The Kier molecular flexibility index (Phi) is 2.40. The summed E-state index contributed by atoms with van der Waals surface area (Å²) in [6.07, 6.45) is 0. The highest BCUT2D eigenvalue weighted by atomic mass is 16.5. The number of benzene rings is 1. The van der Waals surface area contributed by atoms with Gasteiger partial charge >= 0.3 is 5.97 Å². The molecule has 0 radical (unpaired) electrons. The maximum atomic E-state index is 10.9. The molecule has 6 nitrogen and oxygen atoms in total. The first-order valence-electron chi connectivity index (χ1n) is 4.50. The maximum Gasteiger partial charge on any atom is 0.357 e. The number of carboxylic acid groups (broad SMARTS) is 1. The zero-order chi connectivity index (χ0) is 11.7. The maximum absolute atomic E-state index is 10.9. The van der Waals surface area contributed by atoms with Crippen LogP contribution in [-0.2, 0) is 0 Å². The molecule has 0 spiro atoms. The van der Waals surface area contributed by atoms with E-state index in [0.29, 0.717) is 22.4 Å². The van der Waals surface area contributed by atoms with Crippen molar-refractivity contribution < 1.29 is 19.4 Å². The van der Waals surface area contributed by atoms with Crippen molar-refractivity contribution in [2.75, 3.05) is 14.2 Å². The van der Waals surface area contributed by atoms with Gasteiger partial charge in [0.05, 0.1) is 19.7 Å². The number of ether oxygens (including phenoxy) is 2. The molecular weight excluding hydrogens is 212 g/mol. The second kappa shape index (κ2) is 3.73. The summed E-state index contributed by atoms with van der Waals surface area (Å²) in [7, 11) is 3.00. The third-order valence-corrected chi connectivity index (χ3v) is 2.27. The number of rotatable bonds is 3. The number of nitrogens with one attached hydrogen (secondary N) is 1. The first kappa shape index (κ1) is 10.3. The summed E-state index contributed by atoms with van der Waals surface area (Å²) in [6, 6.07) is 3.23. The number of methoxy groups -OCH3 is 2. The fourth-order valence-electron chi connectivity index (χ4n) is 1.51. The van der Waals surface area contributed by atoms with Crippen LogP contribution >= 0.6 is 0 Å². The Morgan fingerprint density at radius 1 is 1.31 bits per heavy atom. The number of aromatic carboxylic acids is 1. The second-order valence-corrected chi connectivity index (χ2v) is 3.13. The van der Waals surface area contributed by atoms with Gasteiger partial charge in [-0.25, -0.2) is 4.79 Å². The van der Waals surface area contributed by atoms with Crippen molar-refractivity contribution in [3.63, 3.8) is 0 Å². The molecule has 0 aliphatic rings. The van der Waals surface area contributed by atoms with Crippen LogP contribution < -0.4 is 9.47 Å². The Morgan fingerprint density at radius 2 is 1.94 bits per heavy atom. The van der Waals surface area contributed by atoms with Gasteiger partial charge in [-0.05, 0) is 6.07 Å². The van der Waals surface area contributed by atoms with Crippen molar-refractivity contribution in [1.82, 2.24) is 10.2 Å². The van der Waals surface area contributed by atoms with Gasteiger partial charge in [0.25, 0.3) is 0 Å². The normalized spacial score (nSPS) is 10.4. The molecule has 2 aromatic rings. The number of nitrogens with zero attached hydrogens (tertiary/aromatic N) is 1. The summed E-state index contributed by atoms with van der Waals surface area (Å²) >= 11 is 0. The number of hydrogen-bond acceptors (Lipinski definition) is 4. The number of carboxylic acids is 1. The zero-order valence-corrected chi connectivity index (χ0v) is 8.77. The van der Waals surface area contributed by atoms with Crippen LogP contribution in [0.4, 0.5) is 0 Å². The van der Waals surface area contributed by atoms with Crippen LogP contribution in [-0.4, -0.2) is 35.5 Å². The number of carbonyl (C=O) groups is 1. The Morgan fingerprint density at radius 3 is 2.50 bits per heavy atom. The topological polar surface area (TPSA) is 84.4 Å². The highest BCUT2D eigenvalue weighted by Crippen LogP contribution is 2.32. The van der Waals surface area contributed by atoms with Crippen molar-refractivity contribution in [3.05, 3.63) is 17.8 Å². The van der Waals surface area contributed by atoms with Gasteiger partial charge in [-0.3, -0.25) is 5.10 Å². The summed E-state index contributed by atoms with van der Waals surface area (Å²) in [4.78, 5) is 10.9. The quantitative estimate of drug-likeness (QED) is 0.817. The van der Waals surface area contributed by atoms with Crippen molar-refractivity contribution >= 4 is 16.9 Å². The van der Waals surface area contributed by atoms with Crippen LogP contribution in [0.2, 0.25) is 0 Å². The van der Waals surface area contributed by atoms with Crippen molar-refractivity contribution in [3.8, 4) is 11.5 Å². The van der Waals surface area contributed by atoms with E-state index in [0.717, 1.165) is 0 Å². The summed E-state index contributed by atoms with van der Waals surface area (Å²) in [5, 5.41) is 15.7. The molecule has 0 amide bonds. The van der Waals surface area contributed by atoms with Gasteiger partial charge < -0.3 is 14.6 Å². The molecule has 1 aromatic carbocycles. The molecule has 0 fully saturated rings. The smallest absolute Gasteiger partial charge is 0.357 e. The van der Waals surface area contributed by atoms with E-state index in [4.69, 9.17) is 14.6 Å². The Hall–Kier alpha value is -2.24. The Bertz CT molecular complexity index is 547. The van der Waals surface area contributed by atoms with Gasteiger partial charge in [0, 0.05) is 11.5 Å². The molecule has 0 aliphatic heterocycles. The van der Waals surface area contributed by atoms with Crippen LogP contribution in [0.15, 0.2) is 12.1 Å². The highest BCUT2D eigenvalue weighted by molar-refractivity contribution is 6.01. The summed E-state index contributed by atoms with van der Waals surface area (Å²) in [5.41, 5.74) is 0.561. The van der Waals surface area contributed by atoms with E-state index >= 15 is 0 Å². The van der Waals surface area contributed by atoms with Crippen LogP contribution in [0.3, 0.4) is 0 Å². The van der Waals surface area contributed by atoms with Gasteiger partial charge in [0.2, 0.25) is 0 Å². The Balaban J connectivity index is 2.71. The fourth-order valence-corrected chi connectivity index (χ4v) is 1.51. The molecule has 0 atom stereocenters. The van der Waals surface area contributed by atoms with E-state index in [9.17, 15) is 4.79 Å². The van der Waals surface area contributed by atoms with Crippen molar-refractivity contribution in [2.24, 2.45) is 0 Å². The average Bonchev–Trinajstić information content (AvgIpc) is 2.69. The Labute approximate surface area is 90.8 Å². The molecule has 0 aliphatic carbocycles. The molecule has 2 rings (SSSR count). The monoisotopic (exact) mass is 222 g/mol. The van der Waals surface area contributed by atoms with Gasteiger partial charge in [0.1, 0.15) is 0 Å². The molecular formula is C10H10N2O4. The number of fused-ring (bicyclic) bond motifs is 1. The number of aromatic amines is 1. The third-order valence-electron chi connectivity index (χ3n) is 2.27. The third kappa shape index (κ3) is 1.44. The van der Waals surface area contributed by atoms with Crippen LogP contribution in [0.1, 0.15) is 10.5 Å². The number of aromatic nitrogens is 2. The first-order valence-corrected chi connectivity index (χ1v) is 4.50. The molecule has 6 heteroatoms. The minimum Gasteiger partial charge on any atom is -0.493 e. The minimum atomic E-state index is -1.08. The number of hydrogen-bond donors (Lipinski definition) is 2. The van der Waals surface area contributed by atoms with Crippen LogP contribution in [0.5, 0.6) is 11.5 Å². The van der Waals surface area contributed by atoms with E-state index in [1.165, 1.54) is 14.2 Å². The lowest BCUT2D eigenvalue weighted by Gasteiger charge is -2.06. The molecule has 84 valence electrons. The molecule has 0 saturated heterocycles. The van der Waals surface area contributed by atoms with Gasteiger partial charge in [-0.15, -0.1) is 0 Å². The molecule has 0 bridgehead atoms. The van der Waals surface area contributed by atoms with E-state index in [1.54, 1.807) is 12.1 Å². The van der Waals surface area contributed by atoms with Crippen molar-refractivity contribution in [2.45, 2.75) is 0 Å². The molecule has 0 saturated carbocycles. The van der Waals surface area contributed by atoms with E-state index < -0.39 is 5.97 Å². The minimum absolute atomic E-state index is 0.0315. The summed E-state index contributed by atoms with van der Waals surface area (Å²) in [5.74, 6) is -0.0899. The lowest BCUT2D eigenvalue weighted by atomic mass is 10.2. The predicted molar refractivity (Wildman–Crippen MR) is 56.2 cm³/mol. The zero-order valence-electron chi connectivity index (χ0n) is 8.77. The SMILES string of the molecule is COc1cc2[nH]nc(C(=O)O)c2cc1OC. The van der Waals surface area contributed by atoms with E-state index in [1.807, 2.05) is 0 Å². The van der Waals surface area contributed by atoms with Gasteiger partial charge in [0.15, 0.2) is 17.2 Å². The molecule has 1 heterocycles. The first-order chi connectivity index (χ1) is 7.67. The van der Waals surface area contributed by atoms with E-state index in [2.05, 4.69) is 10.2 Å². The second-order valence-electron chi connectivity index (χ2n) is 3.13. The summed E-state index contributed by atoms with van der Waals surface area (Å²) < 4.78 is 10.2. The lowest BCUT2D eigenvalue weighted by molar-refractivity contribution is 0.0692. The largest absolute Gasteiger partial charge is 0.493 e. The summed E-state index contributed by atoms with van der Waals surface area (Å²) in [6.45, 7) is 0. The average molecular weight is 222 g/mol. The number of H-pyrrole nitrogens is 1. The van der Waals surface area contributed by atoms with Crippen LogP contribution in [0, 0.1) is 0 Å². The van der Waals surface area contributed by atoms with Gasteiger partial charge in [-0.2, -0.15) is 5.10 Å². The van der Waals surface area contributed by atoms with Crippen molar-refractivity contribution in [1.29, 1.82) is 0 Å². The lowest BCUT2D eigenvalue weighted by Crippen LogP contribution is -1.97. The molecule has 16 heavy (non-hydrogen) atoms. The van der Waals surface area contributed by atoms with Crippen LogP contribution in [0.25, 0.3) is 10.9 Å². The van der Waals surface area contributed by atoms with Gasteiger partial charge in [-0.1, -0.05) is 0 Å². The standard InChI is InChI=1S/C10H10N2O4/c1-15-7-3-5-6(4-8(7)16-2)11-12-9(5)10(13)14/h3-4H,1-2H3,(H,11,12)(H,13,14).